The topological polar surface area (TPSA) is 80.0 Å². The molecule has 0 aliphatic heterocycles. The van der Waals surface area contributed by atoms with Gasteiger partial charge < -0.3 is 4.74 Å². The second-order valence-electron chi connectivity index (χ2n) is 6.68. The van der Waals surface area contributed by atoms with E-state index in [-0.39, 0.29) is 23.5 Å². The fraction of sp³-hybridized carbons (Fsp3) is 0.333. The number of carbonyl (C=O) groups excluding carboxylic acids is 2. The molecule has 6 heteroatoms. The number of nitrogens with zero attached hydrogens (tertiary/aromatic N) is 2. The highest BCUT2D eigenvalue weighted by atomic mass is 32.2. The number of pyridine rings is 1. The lowest BCUT2D eigenvalue weighted by Crippen LogP contribution is -2.17. The molecule has 1 heterocycles. The van der Waals surface area contributed by atoms with Gasteiger partial charge >= 0.3 is 5.97 Å². The van der Waals surface area contributed by atoms with Crippen molar-refractivity contribution in [3.8, 4) is 6.07 Å². The maximum atomic E-state index is 12.6. The van der Waals surface area contributed by atoms with Crippen LogP contribution < -0.4 is 0 Å². The summed E-state index contributed by atoms with van der Waals surface area (Å²) >= 11 is 1.33. The number of Topliss-reactive ketones (excluding diaryl/α,β-unsaturated/α-hetero) is 1. The van der Waals surface area contributed by atoms with Gasteiger partial charge in [-0.25, -0.2) is 9.78 Å². The molecular weight excluding hydrogens is 360 g/mol. The van der Waals surface area contributed by atoms with E-state index in [1.807, 2.05) is 38.3 Å². The molecule has 138 valence electrons. The molecule has 0 N–H and O–H groups in total. The van der Waals surface area contributed by atoms with E-state index in [1.165, 1.54) is 11.8 Å². The van der Waals surface area contributed by atoms with Crippen molar-refractivity contribution in [3.63, 3.8) is 0 Å². The summed E-state index contributed by atoms with van der Waals surface area (Å²) in [5.74, 6) is -0.582. The molecule has 1 fully saturated rings. The first kappa shape index (κ1) is 19.1. The normalized spacial score (nSPS) is 13.1. The molecule has 2 aromatic rings. The van der Waals surface area contributed by atoms with Crippen molar-refractivity contribution in [1.82, 2.24) is 4.98 Å². The summed E-state index contributed by atoms with van der Waals surface area (Å²) in [4.78, 5) is 29.6. The minimum Gasteiger partial charge on any atom is -0.454 e. The summed E-state index contributed by atoms with van der Waals surface area (Å²) in [6, 6.07) is 9.27. The fourth-order valence-corrected chi connectivity index (χ4v) is 3.42. The van der Waals surface area contributed by atoms with E-state index < -0.39 is 5.97 Å². The molecule has 1 aromatic heterocycles. The predicted octanol–water partition coefficient (Wildman–Crippen LogP) is 4.21. The van der Waals surface area contributed by atoms with Crippen LogP contribution in [-0.2, 0) is 4.74 Å². The van der Waals surface area contributed by atoms with Crippen LogP contribution in [0.15, 0.2) is 29.3 Å². The molecule has 5 nitrogen and oxygen atoms in total. The highest BCUT2D eigenvalue weighted by molar-refractivity contribution is 7.98. The van der Waals surface area contributed by atoms with Crippen LogP contribution in [0.3, 0.4) is 0 Å². The SMILES string of the molecule is CSc1nc(C2CC2)cc(C(=O)OCC(=O)c2cc(C)ccc2C)c1C#N. The molecule has 0 atom stereocenters. The number of rotatable bonds is 6. The van der Waals surface area contributed by atoms with Gasteiger partial charge in [0.1, 0.15) is 11.1 Å². The number of ether oxygens (including phenoxy) is 1. The number of ketones is 1. The number of aromatic nitrogens is 1. The van der Waals surface area contributed by atoms with Crippen molar-refractivity contribution in [2.24, 2.45) is 0 Å². The van der Waals surface area contributed by atoms with Crippen LogP contribution in [0, 0.1) is 25.2 Å². The zero-order valence-electron chi connectivity index (χ0n) is 15.5. The number of benzene rings is 1. The van der Waals surface area contributed by atoms with Crippen molar-refractivity contribution >= 4 is 23.5 Å². The predicted molar refractivity (Wildman–Crippen MR) is 103 cm³/mol. The minimum atomic E-state index is -0.662. The van der Waals surface area contributed by atoms with Crippen LogP contribution in [0.5, 0.6) is 0 Å². The quantitative estimate of drug-likeness (QED) is 0.424. The lowest BCUT2D eigenvalue weighted by molar-refractivity contribution is 0.0473. The summed E-state index contributed by atoms with van der Waals surface area (Å²) in [5, 5.41) is 9.99. The van der Waals surface area contributed by atoms with Crippen LogP contribution in [0.25, 0.3) is 0 Å². The highest BCUT2D eigenvalue weighted by Crippen LogP contribution is 2.40. The number of nitriles is 1. The fourth-order valence-electron chi connectivity index (χ4n) is 2.87. The average molecular weight is 380 g/mol. The van der Waals surface area contributed by atoms with Crippen LogP contribution in [-0.4, -0.2) is 29.6 Å². The van der Waals surface area contributed by atoms with Gasteiger partial charge in [-0.05, 0) is 50.6 Å². The van der Waals surface area contributed by atoms with E-state index in [9.17, 15) is 14.9 Å². The van der Waals surface area contributed by atoms with E-state index in [1.54, 1.807) is 12.1 Å². The number of hydrogen-bond donors (Lipinski definition) is 0. The maximum absolute atomic E-state index is 12.6. The largest absolute Gasteiger partial charge is 0.454 e. The molecule has 1 aliphatic carbocycles. The van der Waals surface area contributed by atoms with E-state index >= 15 is 0 Å². The Morgan fingerprint density at radius 3 is 2.63 bits per heavy atom. The minimum absolute atomic E-state index is 0.188. The van der Waals surface area contributed by atoms with Crippen LogP contribution in [0.2, 0.25) is 0 Å². The molecule has 0 amide bonds. The zero-order chi connectivity index (χ0) is 19.6. The van der Waals surface area contributed by atoms with Crippen molar-refractivity contribution in [1.29, 1.82) is 5.26 Å². The van der Waals surface area contributed by atoms with Crippen molar-refractivity contribution < 1.29 is 14.3 Å². The van der Waals surface area contributed by atoms with Gasteiger partial charge in [0.25, 0.3) is 0 Å². The maximum Gasteiger partial charge on any atom is 0.340 e. The van der Waals surface area contributed by atoms with Crippen molar-refractivity contribution in [2.45, 2.75) is 37.6 Å². The summed E-state index contributed by atoms with van der Waals surface area (Å²) < 4.78 is 5.26. The zero-order valence-corrected chi connectivity index (χ0v) is 16.4. The highest BCUT2D eigenvalue weighted by Gasteiger charge is 2.29. The van der Waals surface area contributed by atoms with Crippen molar-refractivity contribution in [3.05, 3.63) is 57.8 Å². The molecule has 0 spiro atoms. The van der Waals surface area contributed by atoms with E-state index in [4.69, 9.17) is 4.74 Å². The Morgan fingerprint density at radius 2 is 2.00 bits per heavy atom. The Labute approximate surface area is 162 Å². The van der Waals surface area contributed by atoms with E-state index in [0.29, 0.717) is 16.5 Å². The first-order chi connectivity index (χ1) is 12.9. The summed E-state index contributed by atoms with van der Waals surface area (Å²) in [6.07, 6.45) is 3.89. The first-order valence-corrected chi connectivity index (χ1v) is 9.93. The van der Waals surface area contributed by atoms with Gasteiger partial charge in [-0.3, -0.25) is 4.79 Å². The third-order valence-electron chi connectivity index (χ3n) is 4.55. The molecule has 0 saturated heterocycles. The summed E-state index contributed by atoms with van der Waals surface area (Å²) in [7, 11) is 0. The van der Waals surface area contributed by atoms with Gasteiger partial charge in [0.2, 0.25) is 5.78 Å². The molecule has 0 bridgehead atoms. The Hall–Kier alpha value is -2.65. The third-order valence-corrected chi connectivity index (χ3v) is 5.24. The Balaban J connectivity index is 1.81. The monoisotopic (exact) mass is 380 g/mol. The van der Waals surface area contributed by atoms with Gasteiger partial charge in [0, 0.05) is 17.2 Å². The summed E-state index contributed by atoms with van der Waals surface area (Å²) in [5.41, 5.74) is 3.55. The van der Waals surface area contributed by atoms with Gasteiger partial charge in [-0.2, -0.15) is 5.26 Å². The van der Waals surface area contributed by atoms with E-state index in [0.717, 1.165) is 29.7 Å². The second kappa shape index (κ2) is 7.93. The molecule has 3 rings (SSSR count). The van der Waals surface area contributed by atoms with E-state index in [2.05, 4.69) is 4.98 Å². The average Bonchev–Trinajstić information content (AvgIpc) is 3.51. The van der Waals surface area contributed by atoms with Crippen LogP contribution in [0.4, 0.5) is 0 Å². The molecule has 1 saturated carbocycles. The lowest BCUT2D eigenvalue weighted by atomic mass is 10.0. The number of esters is 1. The standard InChI is InChI=1S/C21H20N2O3S/c1-12-4-5-13(2)15(8-12)19(24)11-26-21(25)16-9-18(14-6-7-14)23-20(27-3)17(16)10-22/h4-5,8-9,14H,6-7,11H2,1-3H3. The first-order valence-electron chi connectivity index (χ1n) is 8.71. The molecule has 1 aromatic carbocycles. The number of carbonyl (C=O) groups is 2. The van der Waals surface area contributed by atoms with Gasteiger partial charge in [0.15, 0.2) is 6.61 Å². The second-order valence-corrected chi connectivity index (χ2v) is 7.48. The Bertz CT molecular complexity index is 959. The van der Waals surface area contributed by atoms with Gasteiger partial charge in [-0.15, -0.1) is 11.8 Å². The smallest absolute Gasteiger partial charge is 0.340 e. The van der Waals surface area contributed by atoms with Crippen LogP contribution in [0.1, 0.15) is 61.9 Å². The molecule has 0 radical (unpaired) electrons. The Kier molecular flexibility index (Phi) is 5.62. The number of hydrogen-bond acceptors (Lipinski definition) is 6. The molecule has 0 unspecified atom stereocenters. The molecular formula is C21H20N2O3S. The van der Waals surface area contributed by atoms with Crippen molar-refractivity contribution in [2.75, 3.05) is 12.9 Å². The number of aryl methyl sites for hydroxylation is 2. The molecule has 27 heavy (non-hydrogen) atoms. The number of thioether (sulfide) groups is 1. The van der Waals surface area contributed by atoms with Gasteiger partial charge in [-0.1, -0.05) is 17.7 Å². The lowest BCUT2D eigenvalue weighted by Gasteiger charge is -2.11. The van der Waals surface area contributed by atoms with Gasteiger partial charge in [0.05, 0.1) is 11.1 Å². The molecule has 1 aliphatic rings. The third kappa shape index (κ3) is 4.20. The summed E-state index contributed by atoms with van der Waals surface area (Å²) in [6.45, 7) is 3.39. The Morgan fingerprint density at radius 1 is 1.26 bits per heavy atom. The van der Waals surface area contributed by atoms with Crippen LogP contribution >= 0.6 is 11.8 Å².